The first-order valence-electron chi connectivity index (χ1n) is 8.14. The van der Waals surface area contributed by atoms with Crippen molar-refractivity contribution in [3.8, 4) is 28.7 Å². The van der Waals surface area contributed by atoms with Crippen molar-refractivity contribution in [2.75, 3.05) is 6.54 Å². The fourth-order valence-corrected chi connectivity index (χ4v) is 2.88. The second kappa shape index (κ2) is 7.43. The van der Waals surface area contributed by atoms with E-state index in [1.54, 1.807) is 0 Å². The molecular formula is C18H17NO9. The van der Waals surface area contributed by atoms with Crippen molar-refractivity contribution in [3.63, 3.8) is 0 Å². The average Bonchev–Trinajstić information content (AvgIpc) is 2.62. The molecule has 0 spiro atoms. The molecule has 10 nitrogen and oxygen atoms in total. The Morgan fingerprint density at radius 3 is 2.50 bits per heavy atom. The fraction of sp³-hybridized carbons (Fsp3) is 0.222. The number of ether oxygens (including phenoxy) is 2. The number of alkyl carbamates (subject to hydrolysis) is 1. The molecule has 0 unspecified atom stereocenters. The molecule has 0 aromatic heterocycles. The topological polar surface area (TPSA) is 166 Å². The van der Waals surface area contributed by atoms with Crippen LogP contribution >= 0.6 is 0 Å². The van der Waals surface area contributed by atoms with E-state index in [9.17, 15) is 30.0 Å². The third-order valence-electron chi connectivity index (χ3n) is 4.14. The molecule has 28 heavy (non-hydrogen) atoms. The third kappa shape index (κ3) is 3.95. The first-order chi connectivity index (χ1) is 13.2. The van der Waals surface area contributed by atoms with Gasteiger partial charge in [0.1, 0.15) is 29.9 Å². The summed E-state index contributed by atoms with van der Waals surface area (Å²) in [6, 6.07) is 6.28. The summed E-state index contributed by atoms with van der Waals surface area (Å²) in [5.41, 5.74) is 0.632. The van der Waals surface area contributed by atoms with Gasteiger partial charge in [0.25, 0.3) is 0 Å². The Hall–Kier alpha value is -3.82. The van der Waals surface area contributed by atoms with Crippen LogP contribution in [0.3, 0.4) is 0 Å². The Morgan fingerprint density at radius 2 is 1.82 bits per heavy atom. The van der Waals surface area contributed by atoms with E-state index in [1.807, 2.05) is 0 Å². The molecule has 10 heteroatoms. The number of phenols is 4. The number of aromatic hydroxyl groups is 4. The van der Waals surface area contributed by atoms with Crippen LogP contribution in [0.4, 0.5) is 4.79 Å². The van der Waals surface area contributed by atoms with Crippen molar-refractivity contribution in [2.45, 2.75) is 18.6 Å². The van der Waals surface area contributed by atoms with E-state index in [-0.39, 0.29) is 35.0 Å². The Balaban J connectivity index is 1.93. The number of hydrogen-bond donors (Lipinski definition) is 6. The van der Waals surface area contributed by atoms with E-state index in [1.165, 1.54) is 24.3 Å². The SMILES string of the molecule is O=C(O)CNC(=O)O[C@@H]1Cc2c(O)cc(O)cc2O[C@@H]1c1ccc(O)c(O)c1. The summed E-state index contributed by atoms with van der Waals surface area (Å²) in [5.74, 6) is -2.37. The zero-order chi connectivity index (χ0) is 20.4. The minimum Gasteiger partial charge on any atom is -0.508 e. The van der Waals surface area contributed by atoms with Crippen LogP contribution in [-0.2, 0) is 16.0 Å². The van der Waals surface area contributed by atoms with Crippen LogP contribution in [0.25, 0.3) is 0 Å². The van der Waals surface area contributed by atoms with E-state index < -0.39 is 36.6 Å². The van der Waals surface area contributed by atoms with Gasteiger partial charge in [0, 0.05) is 29.7 Å². The highest BCUT2D eigenvalue weighted by Gasteiger charge is 2.36. The van der Waals surface area contributed by atoms with Gasteiger partial charge < -0.3 is 40.3 Å². The molecule has 1 aliphatic heterocycles. The number of carbonyl (C=O) groups is 2. The smallest absolute Gasteiger partial charge is 0.408 e. The number of nitrogens with one attached hydrogen (secondary N) is 1. The molecule has 0 radical (unpaired) electrons. The first kappa shape index (κ1) is 19.0. The van der Waals surface area contributed by atoms with E-state index in [0.717, 1.165) is 6.07 Å². The molecule has 3 rings (SSSR count). The minimum absolute atomic E-state index is 0.00571. The summed E-state index contributed by atoms with van der Waals surface area (Å²) in [6.45, 7) is -0.646. The van der Waals surface area contributed by atoms with Crippen molar-refractivity contribution >= 4 is 12.1 Å². The second-order valence-electron chi connectivity index (χ2n) is 6.12. The van der Waals surface area contributed by atoms with E-state index in [0.29, 0.717) is 5.56 Å². The molecule has 0 aliphatic carbocycles. The number of carboxylic acid groups (broad SMARTS) is 1. The fourth-order valence-electron chi connectivity index (χ4n) is 2.88. The van der Waals surface area contributed by atoms with Gasteiger partial charge in [0.15, 0.2) is 17.6 Å². The molecular weight excluding hydrogens is 374 g/mol. The van der Waals surface area contributed by atoms with Crippen LogP contribution in [0.5, 0.6) is 28.7 Å². The lowest BCUT2D eigenvalue weighted by molar-refractivity contribution is -0.135. The molecule has 1 heterocycles. The molecule has 0 saturated heterocycles. The zero-order valence-corrected chi connectivity index (χ0v) is 14.3. The number of carboxylic acids is 1. The number of rotatable bonds is 4. The van der Waals surface area contributed by atoms with Gasteiger partial charge in [-0.15, -0.1) is 0 Å². The summed E-state index contributed by atoms with van der Waals surface area (Å²) in [6.07, 6.45) is -2.98. The van der Waals surface area contributed by atoms with Gasteiger partial charge >= 0.3 is 12.1 Å². The summed E-state index contributed by atoms with van der Waals surface area (Å²) in [5, 5.41) is 49.7. The van der Waals surface area contributed by atoms with Crippen LogP contribution in [0, 0.1) is 0 Å². The lowest BCUT2D eigenvalue weighted by Gasteiger charge is -2.33. The van der Waals surface area contributed by atoms with Crippen molar-refractivity contribution in [2.24, 2.45) is 0 Å². The maximum absolute atomic E-state index is 11.9. The molecule has 1 amide bonds. The summed E-state index contributed by atoms with van der Waals surface area (Å²) in [7, 11) is 0. The normalized spacial score (nSPS) is 17.9. The molecule has 0 saturated carbocycles. The van der Waals surface area contributed by atoms with Crippen LogP contribution in [0.15, 0.2) is 30.3 Å². The highest BCUT2D eigenvalue weighted by molar-refractivity contribution is 5.76. The number of hydrogen-bond acceptors (Lipinski definition) is 8. The van der Waals surface area contributed by atoms with Gasteiger partial charge in [-0.3, -0.25) is 4.79 Å². The molecule has 6 N–H and O–H groups in total. The van der Waals surface area contributed by atoms with Crippen molar-refractivity contribution in [3.05, 3.63) is 41.5 Å². The quantitative estimate of drug-likeness (QED) is 0.422. The maximum atomic E-state index is 11.9. The average molecular weight is 391 g/mol. The van der Waals surface area contributed by atoms with Crippen molar-refractivity contribution in [1.82, 2.24) is 5.32 Å². The van der Waals surface area contributed by atoms with Gasteiger partial charge in [-0.2, -0.15) is 0 Å². The number of aliphatic carboxylic acids is 1. The number of amides is 1. The molecule has 0 fully saturated rings. The van der Waals surface area contributed by atoms with Crippen LogP contribution in [-0.4, -0.2) is 50.2 Å². The Labute approximate surface area is 158 Å². The Bertz CT molecular complexity index is 928. The molecule has 1 aliphatic rings. The number of phenolic OH excluding ortho intramolecular Hbond substituents is 4. The summed E-state index contributed by atoms with van der Waals surface area (Å²) in [4.78, 5) is 22.5. The summed E-state index contributed by atoms with van der Waals surface area (Å²) >= 11 is 0. The predicted molar refractivity (Wildman–Crippen MR) is 92.5 cm³/mol. The van der Waals surface area contributed by atoms with Crippen LogP contribution < -0.4 is 10.1 Å². The van der Waals surface area contributed by atoms with Gasteiger partial charge in [-0.05, 0) is 12.1 Å². The van der Waals surface area contributed by atoms with Crippen LogP contribution in [0.2, 0.25) is 0 Å². The lowest BCUT2D eigenvalue weighted by atomic mass is 9.93. The molecule has 2 aromatic rings. The standard InChI is InChI=1S/C18H17NO9/c20-9-4-12(22)10-6-15(28-18(26)19-7-16(24)25)17(27-14(10)5-9)8-1-2-11(21)13(23)3-8/h1-5,15,17,20-23H,6-7H2,(H,19,26)(H,24,25)/t15-,17-/m1/s1. The highest BCUT2D eigenvalue weighted by atomic mass is 16.6. The second-order valence-corrected chi connectivity index (χ2v) is 6.12. The monoisotopic (exact) mass is 391 g/mol. The third-order valence-corrected chi connectivity index (χ3v) is 4.14. The predicted octanol–water partition coefficient (Wildman–Crippen LogP) is 1.36. The largest absolute Gasteiger partial charge is 0.508 e. The maximum Gasteiger partial charge on any atom is 0.408 e. The Kier molecular flexibility index (Phi) is 5.03. The van der Waals surface area contributed by atoms with Crippen molar-refractivity contribution < 1.29 is 44.6 Å². The highest BCUT2D eigenvalue weighted by Crippen LogP contribution is 2.43. The van der Waals surface area contributed by atoms with Gasteiger partial charge in [0.05, 0.1) is 0 Å². The number of benzene rings is 2. The van der Waals surface area contributed by atoms with Gasteiger partial charge in [-0.25, -0.2) is 4.79 Å². The molecule has 2 atom stereocenters. The first-order valence-corrected chi connectivity index (χ1v) is 8.14. The minimum atomic E-state index is -1.25. The van der Waals surface area contributed by atoms with Gasteiger partial charge in [0.2, 0.25) is 0 Å². The lowest BCUT2D eigenvalue weighted by Crippen LogP contribution is -2.39. The molecule has 0 bridgehead atoms. The van der Waals surface area contributed by atoms with E-state index in [2.05, 4.69) is 5.32 Å². The van der Waals surface area contributed by atoms with Crippen LogP contribution in [0.1, 0.15) is 17.2 Å². The number of fused-ring (bicyclic) bond motifs is 1. The number of carbonyl (C=O) groups excluding carboxylic acids is 1. The summed E-state index contributed by atoms with van der Waals surface area (Å²) < 4.78 is 11.0. The van der Waals surface area contributed by atoms with E-state index in [4.69, 9.17) is 14.6 Å². The zero-order valence-electron chi connectivity index (χ0n) is 14.3. The molecule has 2 aromatic carbocycles. The van der Waals surface area contributed by atoms with Crippen molar-refractivity contribution in [1.29, 1.82) is 0 Å². The Morgan fingerprint density at radius 1 is 1.07 bits per heavy atom. The molecule has 148 valence electrons. The van der Waals surface area contributed by atoms with Gasteiger partial charge in [-0.1, -0.05) is 6.07 Å². The van der Waals surface area contributed by atoms with E-state index >= 15 is 0 Å².